The second-order valence-electron chi connectivity index (χ2n) is 7.44. The molecule has 2 aromatic rings. The third kappa shape index (κ3) is 4.18. The predicted octanol–water partition coefficient (Wildman–Crippen LogP) is 4.44. The van der Waals surface area contributed by atoms with Crippen LogP contribution in [0.15, 0.2) is 24.3 Å². The summed E-state index contributed by atoms with van der Waals surface area (Å²) in [7, 11) is 0. The van der Waals surface area contributed by atoms with E-state index in [-0.39, 0.29) is 12.4 Å². The van der Waals surface area contributed by atoms with E-state index in [4.69, 9.17) is 9.72 Å². The number of nitrogens with zero attached hydrogens (tertiary/aromatic N) is 2. The molecular formula is C20H29ClN2O2. The monoisotopic (exact) mass is 364 g/mol. The molecule has 25 heavy (non-hydrogen) atoms. The maximum absolute atomic E-state index is 10.5. The number of halogens is 1. The van der Waals surface area contributed by atoms with E-state index >= 15 is 0 Å². The number of benzene rings is 1. The van der Waals surface area contributed by atoms with Crippen molar-refractivity contribution in [3.8, 4) is 0 Å². The van der Waals surface area contributed by atoms with E-state index in [1.165, 1.54) is 38.5 Å². The van der Waals surface area contributed by atoms with Gasteiger partial charge in [-0.05, 0) is 37.8 Å². The number of imidazole rings is 1. The summed E-state index contributed by atoms with van der Waals surface area (Å²) in [5, 5.41) is 10.5. The minimum absolute atomic E-state index is 0. The normalized spacial score (nSPS) is 20.2. The number of aliphatic hydroxyl groups is 1. The lowest BCUT2D eigenvalue weighted by Crippen LogP contribution is -2.28. The van der Waals surface area contributed by atoms with Crippen molar-refractivity contribution in [2.24, 2.45) is 0 Å². The maximum atomic E-state index is 10.5. The van der Waals surface area contributed by atoms with Gasteiger partial charge in [0, 0.05) is 5.92 Å². The van der Waals surface area contributed by atoms with Gasteiger partial charge in [-0.1, -0.05) is 37.8 Å². The predicted molar refractivity (Wildman–Crippen MR) is 102 cm³/mol. The van der Waals surface area contributed by atoms with Crippen molar-refractivity contribution in [3.05, 3.63) is 30.1 Å². The molecule has 4 rings (SSSR count). The van der Waals surface area contributed by atoms with Gasteiger partial charge in [0.25, 0.3) is 0 Å². The first-order valence-electron chi connectivity index (χ1n) is 9.56. The Balaban J connectivity index is 0.00000182. The summed E-state index contributed by atoms with van der Waals surface area (Å²) in [5.41, 5.74) is 2.18. The Morgan fingerprint density at radius 1 is 1.08 bits per heavy atom. The van der Waals surface area contributed by atoms with E-state index in [0.717, 1.165) is 29.7 Å². The van der Waals surface area contributed by atoms with Crippen molar-refractivity contribution in [2.75, 3.05) is 6.61 Å². The van der Waals surface area contributed by atoms with Crippen LogP contribution in [0.25, 0.3) is 11.0 Å². The molecular weight excluding hydrogens is 336 g/mol. The summed E-state index contributed by atoms with van der Waals surface area (Å²) in [6.07, 6.45) is 9.76. The third-order valence-electron chi connectivity index (χ3n) is 5.62. The van der Waals surface area contributed by atoms with Gasteiger partial charge in [0.05, 0.1) is 36.4 Å². The number of aliphatic hydroxyl groups excluding tert-OH is 1. The van der Waals surface area contributed by atoms with Crippen LogP contribution < -0.4 is 0 Å². The number of fused-ring (bicyclic) bond motifs is 1. The highest BCUT2D eigenvalue weighted by Crippen LogP contribution is 2.37. The summed E-state index contributed by atoms with van der Waals surface area (Å²) < 4.78 is 8.19. The van der Waals surface area contributed by atoms with E-state index in [0.29, 0.717) is 25.2 Å². The number of aromatic nitrogens is 2. The van der Waals surface area contributed by atoms with Crippen LogP contribution in [0, 0.1) is 0 Å². The largest absolute Gasteiger partial charge is 0.389 e. The van der Waals surface area contributed by atoms with Crippen LogP contribution in [0.5, 0.6) is 0 Å². The van der Waals surface area contributed by atoms with Crippen molar-refractivity contribution in [1.29, 1.82) is 0 Å². The lowest BCUT2D eigenvalue weighted by molar-refractivity contribution is -0.0283. The highest BCUT2D eigenvalue weighted by Gasteiger charge is 2.26. The zero-order valence-electron chi connectivity index (χ0n) is 14.8. The zero-order chi connectivity index (χ0) is 16.4. The molecule has 2 aliphatic rings. The molecule has 2 saturated carbocycles. The number of hydrogen-bond donors (Lipinski definition) is 1. The van der Waals surface area contributed by atoms with Crippen molar-refractivity contribution >= 4 is 23.4 Å². The Morgan fingerprint density at radius 3 is 2.56 bits per heavy atom. The van der Waals surface area contributed by atoms with Crippen LogP contribution in [0.4, 0.5) is 0 Å². The Hall–Kier alpha value is -1.10. The number of rotatable bonds is 6. The molecule has 0 spiro atoms. The van der Waals surface area contributed by atoms with Crippen LogP contribution in [-0.2, 0) is 11.3 Å². The van der Waals surface area contributed by atoms with E-state index in [2.05, 4.69) is 22.8 Å². The van der Waals surface area contributed by atoms with Crippen molar-refractivity contribution in [2.45, 2.75) is 76.0 Å². The molecule has 0 radical (unpaired) electrons. The molecule has 1 N–H and O–H groups in total. The quantitative estimate of drug-likeness (QED) is 0.824. The summed E-state index contributed by atoms with van der Waals surface area (Å²) in [6, 6.07) is 8.26. The molecule has 1 heterocycles. The van der Waals surface area contributed by atoms with Crippen molar-refractivity contribution in [1.82, 2.24) is 9.55 Å². The first kappa shape index (κ1) is 18.7. The van der Waals surface area contributed by atoms with Gasteiger partial charge < -0.3 is 14.4 Å². The summed E-state index contributed by atoms with van der Waals surface area (Å²) >= 11 is 0. The molecule has 1 aromatic carbocycles. The van der Waals surface area contributed by atoms with Crippen LogP contribution in [0.1, 0.15) is 63.1 Å². The standard InChI is InChI=1S/C20H28N2O2.ClH/c23-16(14-24-17-9-2-1-3-10-17)13-22-19-12-5-4-11-18(19)21-20(22)15-7-6-8-15;/h4-5,11-12,15-17,23H,1-3,6-10,13-14H2;1H. The fraction of sp³-hybridized carbons (Fsp3) is 0.650. The van der Waals surface area contributed by atoms with Crippen molar-refractivity contribution < 1.29 is 9.84 Å². The van der Waals surface area contributed by atoms with Gasteiger partial charge >= 0.3 is 0 Å². The maximum Gasteiger partial charge on any atom is 0.113 e. The minimum Gasteiger partial charge on any atom is -0.389 e. The lowest BCUT2D eigenvalue weighted by atomic mass is 9.85. The topological polar surface area (TPSA) is 47.3 Å². The molecule has 4 nitrogen and oxygen atoms in total. The van der Waals surface area contributed by atoms with Gasteiger partial charge in [-0.15, -0.1) is 12.4 Å². The highest BCUT2D eigenvalue weighted by molar-refractivity contribution is 5.85. The summed E-state index contributed by atoms with van der Waals surface area (Å²) in [5.74, 6) is 1.71. The molecule has 5 heteroatoms. The number of para-hydroxylation sites is 2. The van der Waals surface area contributed by atoms with Crippen molar-refractivity contribution in [3.63, 3.8) is 0 Å². The molecule has 1 unspecified atom stereocenters. The minimum atomic E-state index is -0.469. The van der Waals surface area contributed by atoms with Gasteiger partial charge in [-0.25, -0.2) is 4.98 Å². The second kappa shape index (κ2) is 8.52. The Morgan fingerprint density at radius 2 is 1.84 bits per heavy atom. The second-order valence-corrected chi connectivity index (χ2v) is 7.44. The molecule has 0 saturated heterocycles. The first-order chi connectivity index (χ1) is 11.8. The summed E-state index contributed by atoms with van der Waals surface area (Å²) in [4.78, 5) is 4.85. The van der Waals surface area contributed by atoms with Gasteiger partial charge in [0.1, 0.15) is 5.82 Å². The SMILES string of the molecule is Cl.OC(COC1CCCCC1)Cn1c(C2CCC2)nc2ccccc21. The lowest BCUT2D eigenvalue weighted by Gasteiger charge is -2.27. The molecule has 0 aliphatic heterocycles. The van der Waals surface area contributed by atoms with E-state index < -0.39 is 6.10 Å². The average Bonchev–Trinajstić information content (AvgIpc) is 2.91. The fourth-order valence-corrected chi connectivity index (χ4v) is 4.01. The zero-order valence-corrected chi connectivity index (χ0v) is 15.6. The first-order valence-corrected chi connectivity index (χ1v) is 9.56. The molecule has 2 aliphatic carbocycles. The summed E-state index contributed by atoms with van der Waals surface area (Å²) in [6.45, 7) is 1.01. The molecule has 1 atom stereocenters. The Bertz CT molecular complexity index is 677. The van der Waals surface area contributed by atoms with Crippen LogP contribution in [-0.4, -0.2) is 33.5 Å². The van der Waals surface area contributed by atoms with Gasteiger partial charge in [-0.3, -0.25) is 0 Å². The molecule has 138 valence electrons. The molecule has 0 bridgehead atoms. The third-order valence-corrected chi connectivity index (χ3v) is 5.62. The van der Waals surface area contributed by atoms with E-state index in [1.54, 1.807) is 0 Å². The van der Waals surface area contributed by atoms with E-state index in [1.807, 2.05) is 6.07 Å². The van der Waals surface area contributed by atoms with Gasteiger partial charge in [-0.2, -0.15) is 0 Å². The smallest absolute Gasteiger partial charge is 0.113 e. The molecule has 2 fully saturated rings. The van der Waals surface area contributed by atoms with Crippen LogP contribution >= 0.6 is 12.4 Å². The van der Waals surface area contributed by atoms with Crippen LogP contribution in [0.2, 0.25) is 0 Å². The van der Waals surface area contributed by atoms with Crippen LogP contribution in [0.3, 0.4) is 0 Å². The average molecular weight is 365 g/mol. The van der Waals surface area contributed by atoms with E-state index in [9.17, 15) is 5.11 Å². The Labute approximate surface area is 156 Å². The fourth-order valence-electron chi connectivity index (χ4n) is 4.01. The highest BCUT2D eigenvalue weighted by atomic mass is 35.5. The number of ether oxygens (including phenoxy) is 1. The molecule has 1 aromatic heterocycles. The van der Waals surface area contributed by atoms with Gasteiger partial charge in [0.15, 0.2) is 0 Å². The number of hydrogen-bond acceptors (Lipinski definition) is 3. The Kier molecular flexibility index (Phi) is 6.37. The molecule has 0 amide bonds. The van der Waals surface area contributed by atoms with Gasteiger partial charge in [0.2, 0.25) is 0 Å².